The molecule has 0 fully saturated rings. The zero-order chi connectivity index (χ0) is 10.9. The molecule has 14 heavy (non-hydrogen) atoms. The van der Waals surface area contributed by atoms with E-state index < -0.39 is 11.6 Å². The molecule has 1 rings (SSSR count). The fraction of sp³-hybridized carbons (Fsp3) is 0.455. The Morgan fingerprint density at radius 1 is 1.43 bits per heavy atom. The van der Waals surface area contributed by atoms with Gasteiger partial charge in [0.25, 0.3) is 0 Å². The molecule has 0 saturated heterocycles. The Morgan fingerprint density at radius 3 is 2.43 bits per heavy atom. The van der Waals surface area contributed by atoms with E-state index in [4.69, 9.17) is 5.73 Å². The Hall–Kier alpha value is -0.930. The zero-order valence-corrected chi connectivity index (χ0v) is 8.71. The van der Waals surface area contributed by atoms with Crippen LogP contribution in [0.4, 0.5) is 4.39 Å². The highest BCUT2D eigenvalue weighted by molar-refractivity contribution is 5.27. The molecule has 0 amide bonds. The van der Waals surface area contributed by atoms with Crippen molar-refractivity contribution in [2.75, 3.05) is 0 Å². The lowest BCUT2D eigenvalue weighted by molar-refractivity contribution is 0.104. The maximum absolute atomic E-state index is 12.9. The molecule has 3 N–H and O–H groups in total. The summed E-state index contributed by atoms with van der Waals surface area (Å²) in [5.41, 5.74) is 6.21. The van der Waals surface area contributed by atoms with Gasteiger partial charge in [-0.15, -0.1) is 0 Å². The lowest BCUT2D eigenvalue weighted by Crippen LogP contribution is -2.39. The largest absolute Gasteiger partial charge is 0.387 e. The van der Waals surface area contributed by atoms with Crippen LogP contribution in [0.15, 0.2) is 18.2 Å². The summed E-state index contributed by atoms with van der Waals surface area (Å²) in [4.78, 5) is 0. The van der Waals surface area contributed by atoms with Crippen molar-refractivity contribution in [1.82, 2.24) is 0 Å². The van der Waals surface area contributed by atoms with Gasteiger partial charge in [-0.25, -0.2) is 4.39 Å². The molecule has 1 atom stereocenters. The average Bonchev–Trinajstić information content (AvgIpc) is 2.07. The number of halogens is 1. The van der Waals surface area contributed by atoms with E-state index in [-0.39, 0.29) is 5.82 Å². The predicted octanol–water partition coefficient (Wildman–Crippen LogP) is 1.90. The second-order valence-corrected chi connectivity index (χ2v) is 4.23. The maximum atomic E-state index is 12.9. The first-order valence-electron chi connectivity index (χ1n) is 4.55. The third-order valence-corrected chi connectivity index (χ3v) is 2.20. The van der Waals surface area contributed by atoms with Gasteiger partial charge in [-0.1, -0.05) is 12.1 Å². The summed E-state index contributed by atoms with van der Waals surface area (Å²) >= 11 is 0. The minimum absolute atomic E-state index is 0.268. The van der Waals surface area contributed by atoms with Gasteiger partial charge in [-0.2, -0.15) is 0 Å². The van der Waals surface area contributed by atoms with E-state index in [1.807, 2.05) is 0 Å². The molecule has 0 aliphatic carbocycles. The second-order valence-electron chi connectivity index (χ2n) is 4.23. The van der Waals surface area contributed by atoms with Crippen molar-refractivity contribution < 1.29 is 9.50 Å². The van der Waals surface area contributed by atoms with Crippen molar-refractivity contribution in [2.24, 2.45) is 5.73 Å². The van der Waals surface area contributed by atoms with Gasteiger partial charge < -0.3 is 10.8 Å². The molecular formula is C11H16FNO. The Balaban J connectivity index is 3.03. The highest BCUT2D eigenvalue weighted by Crippen LogP contribution is 2.24. The van der Waals surface area contributed by atoms with Gasteiger partial charge in [0.05, 0.1) is 6.10 Å². The fourth-order valence-electron chi connectivity index (χ4n) is 1.27. The Kier molecular flexibility index (Phi) is 2.92. The molecule has 0 bridgehead atoms. The maximum Gasteiger partial charge on any atom is 0.126 e. The van der Waals surface area contributed by atoms with Crippen LogP contribution in [0.2, 0.25) is 0 Å². The molecule has 1 aromatic rings. The lowest BCUT2D eigenvalue weighted by atomic mass is 9.92. The number of hydrogen-bond donors (Lipinski definition) is 2. The first-order valence-corrected chi connectivity index (χ1v) is 4.55. The number of rotatable bonds is 2. The molecule has 3 heteroatoms. The monoisotopic (exact) mass is 197 g/mol. The van der Waals surface area contributed by atoms with Crippen LogP contribution >= 0.6 is 0 Å². The predicted molar refractivity (Wildman–Crippen MR) is 54.4 cm³/mol. The van der Waals surface area contributed by atoms with Crippen molar-refractivity contribution in [1.29, 1.82) is 0 Å². The number of aliphatic hydroxyl groups excluding tert-OH is 1. The van der Waals surface area contributed by atoms with E-state index in [0.29, 0.717) is 11.1 Å². The minimum Gasteiger partial charge on any atom is -0.387 e. The third kappa shape index (κ3) is 2.30. The van der Waals surface area contributed by atoms with E-state index in [2.05, 4.69) is 0 Å². The molecule has 0 saturated carbocycles. The van der Waals surface area contributed by atoms with Crippen molar-refractivity contribution in [3.8, 4) is 0 Å². The van der Waals surface area contributed by atoms with Gasteiger partial charge in [0.2, 0.25) is 0 Å². The van der Waals surface area contributed by atoms with E-state index >= 15 is 0 Å². The van der Waals surface area contributed by atoms with Crippen molar-refractivity contribution in [3.05, 3.63) is 35.1 Å². The summed E-state index contributed by atoms with van der Waals surface area (Å²) in [5, 5.41) is 9.82. The van der Waals surface area contributed by atoms with Crippen LogP contribution in [0, 0.1) is 12.7 Å². The molecule has 0 radical (unpaired) electrons. The average molecular weight is 197 g/mol. The number of hydrogen-bond acceptors (Lipinski definition) is 2. The standard InChI is InChI=1S/C11H16FNO/c1-7-6-8(4-5-9(7)12)10(14)11(2,3)13/h4-6,10,14H,13H2,1-3H3. The van der Waals surface area contributed by atoms with Crippen molar-refractivity contribution in [3.63, 3.8) is 0 Å². The molecule has 0 aromatic heterocycles. The number of benzene rings is 1. The van der Waals surface area contributed by atoms with Gasteiger partial charge in [0.1, 0.15) is 5.82 Å². The molecule has 0 heterocycles. The van der Waals surface area contributed by atoms with Crippen LogP contribution in [-0.4, -0.2) is 10.6 Å². The molecule has 78 valence electrons. The highest BCUT2D eigenvalue weighted by Gasteiger charge is 2.24. The van der Waals surface area contributed by atoms with Gasteiger partial charge in [-0.05, 0) is 38.0 Å². The van der Waals surface area contributed by atoms with E-state index in [0.717, 1.165) is 0 Å². The number of aryl methyl sites for hydroxylation is 1. The lowest BCUT2D eigenvalue weighted by Gasteiger charge is -2.26. The molecule has 0 aliphatic heterocycles. The summed E-state index contributed by atoms with van der Waals surface area (Å²) in [6.07, 6.45) is -0.776. The summed E-state index contributed by atoms with van der Waals surface area (Å²) in [5.74, 6) is -0.268. The topological polar surface area (TPSA) is 46.2 Å². The Labute approximate surface area is 83.6 Å². The molecule has 1 aromatic carbocycles. The van der Waals surface area contributed by atoms with E-state index in [1.165, 1.54) is 6.07 Å². The Morgan fingerprint density at radius 2 is 2.00 bits per heavy atom. The first kappa shape index (κ1) is 11.1. The molecule has 0 spiro atoms. The van der Waals surface area contributed by atoms with Crippen LogP contribution in [0.25, 0.3) is 0 Å². The van der Waals surface area contributed by atoms with Gasteiger partial charge in [0, 0.05) is 5.54 Å². The van der Waals surface area contributed by atoms with Crippen LogP contribution < -0.4 is 5.73 Å². The van der Waals surface area contributed by atoms with Crippen LogP contribution in [0.1, 0.15) is 31.1 Å². The Bertz CT molecular complexity index is 331. The van der Waals surface area contributed by atoms with Crippen LogP contribution in [0.3, 0.4) is 0 Å². The van der Waals surface area contributed by atoms with E-state index in [1.54, 1.807) is 32.9 Å². The van der Waals surface area contributed by atoms with E-state index in [9.17, 15) is 9.50 Å². The summed E-state index contributed by atoms with van der Waals surface area (Å²) in [6, 6.07) is 4.52. The number of aliphatic hydroxyl groups is 1. The SMILES string of the molecule is Cc1cc(C(O)C(C)(C)N)ccc1F. The summed E-state index contributed by atoms with van der Waals surface area (Å²) in [7, 11) is 0. The normalized spacial score (nSPS) is 14.1. The summed E-state index contributed by atoms with van der Waals surface area (Å²) in [6.45, 7) is 5.13. The van der Waals surface area contributed by atoms with Gasteiger partial charge in [0.15, 0.2) is 0 Å². The fourth-order valence-corrected chi connectivity index (χ4v) is 1.27. The minimum atomic E-state index is -0.776. The van der Waals surface area contributed by atoms with Crippen LogP contribution in [-0.2, 0) is 0 Å². The number of nitrogens with two attached hydrogens (primary N) is 1. The highest BCUT2D eigenvalue weighted by atomic mass is 19.1. The molecular weight excluding hydrogens is 181 g/mol. The zero-order valence-electron chi connectivity index (χ0n) is 8.71. The molecule has 0 aliphatic rings. The second kappa shape index (κ2) is 3.67. The molecule has 2 nitrogen and oxygen atoms in total. The smallest absolute Gasteiger partial charge is 0.126 e. The summed E-state index contributed by atoms with van der Waals surface area (Å²) < 4.78 is 12.9. The van der Waals surface area contributed by atoms with Crippen LogP contribution in [0.5, 0.6) is 0 Å². The van der Waals surface area contributed by atoms with Crippen molar-refractivity contribution in [2.45, 2.75) is 32.4 Å². The van der Waals surface area contributed by atoms with Gasteiger partial charge in [-0.3, -0.25) is 0 Å². The van der Waals surface area contributed by atoms with Gasteiger partial charge >= 0.3 is 0 Å². The third-order valence-electron chi connectivity index (χ3n) is 2.20. The quantitative estimate of drug-likeness (QED) is 0.760. The first-order chi connectivity index (χ1) is 6.32. The van der Waals surface area contributed by atoms with Crippen molar-refractivity contribution >= 4 is 0 Å². The molecule has 1 unspecified atom stereocenters.